The second-order valence-electron chi connectivity index (χ2n) is 9.25. The summed E-state index contributed by atoms with van der Waals surface area (Å²) >= 11 is 0. The number of aromatic nitrogens is 3. The van der Waals surface area contributed by atoms with Crippen molar-refractivity contribution < 1.29 is 23.8 Å². The van der Waals surface area contributed by atoms with Crippen molar-refractivity contribution in [2.24, 2.45) is 0 Å². The smallest absolute Gasteiger partial charge is 0.238 e. The van der Waals surface area contributed by atoms with Crippen LogP contribution in [0.5, 0.6) is 5.88 Å². The number of nitrogens with one attached hydrogen (secondary N) is 2. The molecule has 3 heterocycles. The van der Waals surface area contributed by atoms with Gasteiger partial charge >= 0.3 is 0 Å². The predicted molar refractivity (Wildman–Crippen MR) is 119 cm³/mol. The average Bonchev–Trinajstić information content (AvgIpc) is 3.34. The molecule has 9 nitrogen and oxygen atoms in total. The highest BCUT2D eigenvalue weighted by Crippen LogP contribution is 2.55. The average molecular weight is 463 g/mol. The predicted octanol–water partition coefficient (Wildman–Crippen LogP) is 1.75. The molecule has 10 heteroatoms. The van der Waals surface area contributed by atoms with Crippen molar-refractivity contribution in [3.05, 3.63) is 53.6 Å². The molecule has 1 aliphatic heterocycles. The number of fused-ring (bicyclic) bond motifs is 3. The molecule has 0 bridgehead atoms. The number of ether oxygens (including phenoxy) is 1. The Labute approximate surface area is 193 Å². The zero-order valence-electron chi connectivity index (χ0n) is 18.1. The quantitative estimate of drug-likeness (QED) is 0.477. The normalized spacial score (nSPS) is 27.2. The van der Waals surface area contributed by atoms with Gasteiger partial charge in [0.2, 0.25) is 11.8 Å². The van der Waals surface area contributed by atoms with E-state index in [1.165, 1.54) is 11.0 Å². The van der Waals surface area contributed by atoms with Crippen LogP contribution >= 0.6 is 0 Å². The first-order valence-corrected chi connectivity index (χ1v) is 11.2. The molecule has 0 saturated heterocycles. The number of rotatable bonds is 6. The molecular weight excluding hydrogens is 441 g/mol. The fourth-order valence-corrected chi connectivity index (χ4v) is 5.29. The Morgan fingerprint density at radius 1 is 1.32 bits per heavy atom. The molecule has 174 valence electrons. The lowest BCUT2D eigenvalue weighted by molar-refractivity contribution is -0.130. The van der Waals surface area contributed by atoms with E-state index in [9.17, 15) is 14.7 Å². The number of nitrogens with zero attached hydrogens (tertiary/aromatic N) is 3. The Morgan fingerprint density at radius 2 is 2.15 bits per heavy atom. The van der Waals surface area contributed by atoms with Gasteiger partial charge in [-0.25, -0.2) is 14.2 Å². The van der Waals surface area contributed by atoms with Gasteiger partial charge in [0.1, 0.15) is 29.1 Å². The van der Waals surface area contributed by atoms with Crippen molar-refractivity contribution in [1.82, 2.24) is 20.5 Å². The molecule has 34 heavy (non-hydrogen) atoms. The van der Waals surface area contributed by atoms with Gasteiger partial charge in [-0.1, -0.05) is 6.07 Å². The number of anilines is 1. The molecule has 3 N–H and O–H groups in total. The number of hydrogen-bond donors (Lipinski definition) is 3. The first-order valence-electron chi connectivity index (χ1n) is 11.2. The SMILES string of the molecule is O=C=C(CN1C(=O)C2(CC(Oc3ccc4[nH]ncc4n3)C2)c2c(F)cccc21)NC1CC(O)C1. The maximum absolute atomic E-state index is 15.0. The molecule has 2 fully saturated rings. The van der Waals surface area contributed by atoms with Gasteiger partial charge in [-0.3, -0.25) is 9.89 Å². The minimum atomic E-state index is -1.04. The van der Waals surface area contributed by atoms with E-state index < -0.39 is 11.2 Å². The Morgan fingerprint density at radius 3 is 2.91 bits per heavy atom. The Bertz CT molecular complexity index is 1340. The summed E-state index contributed by atoms with van der Waals surface area (Å²) in [5.74, 6) is 1.59. The topological polar surface area (TPSA) is 120 Å². The highest BCUT2D eigenvalue weighted by Gasteiger charge is 2.60. The molecule has 6 rings (SSSR count). The Hall–Kier alpha value is -3.75. The number of carbonyl (C=O) groups is 1. The Balaban J connectivity index is 1.22. The number of H-pyrrole nitrogens is 1. The number of aliphatic hydroxyl groups is 1. The summed E-state index contributed by atoms with van der Waals surface area (Å²) in [6, 6.07) is 8.12. The maximum atomic E-state index is 15.0. The summed E-state index contributed by atoms with van der Waals surface area (Å²) in [6.07, 6.45) is 2.60. The first kappa shape index (κ1) is 20.8. The van der Waals surface area contributed by atoms with Crippen LogP contribution in [-0.4, -0.2) is 56.9 Å². The van der Waals surface area contributed by atoms with Crippen molar-refractivity contribution >= 4 is 28.6 Å². The van der Waals surface area contributed by atoms with Gasteiger partial charge in [-0.15, -0.1) is 0 Å². The zero-order valence-corrected chi connectivity index (χ0v) is 18.1. The van der Waals surface area contributed by atoms with E-state index in [4.69, 9.17) is 4.74 Å². The third kappa shape index (κ3) is 3.18. The molecule has 2 aromatic heterocycles. The molecule has 3 aliphatic rings. The van der Waals surface area contributed by atoms with Crippen LogP contribution in [0.3, 0.4) is 0 Å². The largest absolute Gasteiger partial charge is 0.474 e. The highest BCUT2D eigenvalue weighted by atomic mass is 19.1. The van der Waals surface area contributed by atoms with E-state index in [1.807, 2.05) is 12.0 Å². The van der Waals surface area contributed by atoms with E-state index in [0.717, 1.165) is 5.52 Å². The number of hydrogen-bond acceptors (Lipinski definition) is 7. The molecular formula is C24H22FN5O4. The van der Waals surface area contributed by atoms with Crippen LogP contribution in [0, 0.1) is 5.82 Å². The number of aromatic amines is 1. The summed E-state index contributed by atoms with van der Waals surface area (Å²) in [5.41, 5.74) is 1.45. The highest BCUT2D eigenvalue weighted by molar-refractivity contribution is 6.09. The number of pyridine rings is 1. The Kier molecular flexibility index (Phi) is 4.68. The lowest BCUT2D eigenvalue weighted by Gasteiger charge is -2.43. The molecule has 2 saturated carbocycles. The third-order valence-electron chi connectivity index (χ3n) is 7.06. The first-order chi connectivity index (χ1) is 16.5. The number of halogens is 1. The van der Waals surface area contributed by atoms with E-state index in [2.05, 4.69) is 20.5 Å². The standard InChI is InChI=1S/C24H22FN5O4/c25-17-2-1-3-20-22(17)24(23(33)30(20)11-14(12-31)27-13-6-15(32)7-13)8-16(9-24)34-21-5-4-18-19(28-21)10-26-29-18/h1-5,10,13,15-16,27,32H,6-9,11H2,(H,26,29). The summed E-state index contributed by atoms with van der Waals surface area (Å²) < 4.78 is 21.0. The molecule has 0 unspecified atom stereocenters. The number of aliphatic hydroxyl groups excluding tert-OH is 1. The molecule has 1 amide bonds. The van der Waals surface area contributed by atoms with Crippen LogP contribution in [0.2, 0.25) is 0 Å². The van der Waals surface area contributed by atoms with Crippen molar-refractivity contribution in [2.45, 2.75) is 49.3 Å². The van der Waals surface area contributed by atoms with Gasteiger partial charge in [-0.2, -0.15) is 5.10 Å². The summed E-state index contributed by atoms with van der Waals surface area (Å²) in [7, 11) is 0. The zero-order chi connectivity index (χ0) is 23.4. The van der Waals surface area contributed by atoms with Gasteiger partial charge < -0.3 is 20.1 Å². The van der Waals surface area contributed by atoms with Crippen molar-refractivity contribution in [3.8, 4) is 5.88 Å². The van der Waals surface area contributed by atoms with Crippen LogP contribution in [0.15, 0.2) is 42.2 Å². The molecule has 0 radical (unpaired) electrons. The van der Waals surface area contributed by atoms with Gasteiger partial charge in [0.15, 0.2) is 0 Å². The number of amides is 1. The second-order valence-corrected chi connectivity index (χ2v) is 9.25. The number of benzene rings is 1. The minimum absolute atomic E-state index is 0.0304. The summed E-state index contributed by atoms with van der Waals surface area (Å²) in [5, 5.41) is 19.3. The van der Waals surface area contributed by atoms with Crippen molar-refractivity contribution in [1.29, 1.82) is 0 Å². The number of carbonyl (C=O) groups excluding carboxylic acids is 2. The van der Waals surface area contributed by atoms with Crippen LogP contribution in [0.4, 0.5) is 10.1 Å². The second kappa shape index (κ2) is 7.65. The van der Waals surface area contributed by atoms with Crippen molar-refractivity contribution in [2.75, 3.05) is 11.4 Å². The minimum Gasteiger partial charge on any atom is -0.474 e. The lowest BCUT2D eigenvalue weighted by atomic mass is 9.63. The molecule has 1 aromatic carbocycles. The fourth-order valence-electron chi connectivity index (χ4n) is 5.29. The summed E-state index contributed by atoms with van der Waals surface area (Å²) in [4.78, 5) is 31.0. The fraction of sp³-hybridized carbons (Fsp3) is 0.375. The molecule has 0 atom stereocenters. The monoisotopic (exact) mass is 463 g/mol. The molecule has 3 aromatic rings. The van der Waals surface area contributed by atoms with Crippen LogP contribution < -0.4 is 15.0 Å². The van der Waals surface area contributed by atoms with Gasteiger partial charge in [0.25, 0.3) is 0 Å². The van der Waals surface area contributed by atoms with E-state index >= 15 is 4.39 Å². The van der Waals surface area contributed by atoms with Crippen LogP contribution in [-0.2, 0) is 15.0 Å². The molecule has 1 spiro atoms. The van der Waals surface area contributed by atoms with E-state index in [-0.39, 0.29) is 36.4 Å². The van der Waals surface area contributed by atoms with Gasteiger partial charge in [0.05, 0.1) is 35.5 Å². The third-order valence-corrected chi connectivity index (χ3v) is 7.06. The van der Waals surface area contributed by atoms with E-state index in [0.29, 0.717) is 48.3 Å². The van der Waals surface area contributed by atoms with Gasteiger partial charge in [-0.05, 0) is 31.0 Å². The van der Waals surface area contributed by atoms with Crippen LogP contribution in [0.25, 0.3) is 11.0 Å². The lowest BCUT2D eigenvalue weighted by Crippen LogP contribution is -2.54. The summed E-state index contributed by atoms with van der Waals surface area (Å²) in [6.45, 7) is -0.0304. The van der Waals surface area contributed by atoms with Crippen molar-refractivity contribution in [3.63, 3.8) is 0 Å². The van der Waals surface area contributed by atoms with Crippen LogP contribution in [0.1, 0.15) is 31.2 Å². The van der Waals surface area contributed by atoms with Gasteiger partial charge in [0, 0.05) is 30.5 Å². The van der Waals surface area contributed by atoms with E-state index in [1.54, 1.807) is 24.4 Å². The molecule has 2 aliphatic carbocycles. The maximum Gasteiger partial charge on any atom is 0.238 e.